The molecule has 0 aliphatic carbocycles. The van der Waals surface area contributed by atoms with Gasteiger partial charge in [0.15, 0.2) is 0 Å². The Bertz CT molecular complexity index is 2270. The fourth-order valence-electron chi connectivity index (χ4n) is 5.12. The fraction of sp³-hybridized carbons (Fsp3) is 0. The molecule has 198 valence electrons. The summed E-state index contributed by atoms with van der Waals surface area (Å²) in [6, 6.07) is 27.2. The Morgan fingerprint density at radius 1 is 0.659 bits per heavy atom. The monoisotopic (exact) mass is 637 g/mol. The molecule has 0 unspecified atom stereocenters. The van der Waals surface area contributed by atoms with Crippen LogP contribution in [0, 0.1) is 6.07 Å². The number of aromatic amines is 1. The van der Waals surface area contributed by atoms with E-state index in [9.17, 15) is 0 Å². The number of allylic oxidation sites excluding steroid dienone is 1. The maximum atomic E-state index is 5.06. The first-order valence-corrected chi connectivity index (χ1v) is 13.9. The predicted octanol–water partition coefficient (Wildman–Crippen LogP) is 6.51. The summed E-state index contributed by atoms with van der Waals surface area (Å²) in [5, 5.41) is 1.85. The molecule has 0 amide bonds. The van der Waals surface area contributed by atoms with Crippen LogP contribution in [0.25, 0.3) is 85.0 Å². The number of aromatic nitrogens is 8. The van der Waals surface area contributed by atoms with Gasteiger partial charge in [0.05, 0.1) is 16.1 Å². The molecule has 0 radical (unpaired) electrons. The van der Waals surface area contributed by atoms with Gasteiger partial charge >= 0.3 is 204 Å². The zero-order chi connectivity index (χ0) is 27.5. The topological polar surface area (TPSA) is 98.1 Å². The van der Waals surface area contributed by atoms with Crippen LogP contribution in [0.3, 0.4) is 0 Å². The van der Waals surface area contributed by atoms with Crippen molar-refractivity contribution >= 4 is 60.6 Å². The molecular formula is C31H16BrN8Ni-. The van der Waals surface area contributed by atoms with Crippen LogP contribution in [0.1, 0.15) is 5.56 Å². The molecule has 5 heterocycles. The molecule has 0 spiro atoms. The summed E-state index contributed by atoms with van der Waals surface area (Å²) in [7, 11) is 0. The molecular weight excluding hydrogens is 623 g/mol. The molecule has 0 fully saturated rings. The number of benzene rings is 3. The number of halogens is 1. The van der Waals surface area contributed by atoms with E-state index in [1.54, 1.807) is 11.1 Å². The quantitative estimate of drug-likeness (QED) is 0.171. The predicted molar refractivity (Wildman–Crippen MR) is 160 cm³/mol. The summed E-state index contributed by atoms with van der Waals surface area (Å²) in [6.07, 6.45) is 3.63. The standard InChI is InChI=1S/C31H16BrN8.Ni/c1-2-9-17-16-24-33-25(17)35-27-19-11-4-6-13-21(19)29(37-27)39-31-23-15-8-7-14-22(23)30(40(31)32)38-28-20-12-5-3-10-18(20)26(34-24)36-28;/h1-15H,(H,33,34,35,36,37,38,39);/q-1;/b9-2-;. The number of hydrogen-bond donors (Lipinski definition) is 1. The first kappa shape index (κ1) is 24.2. The molecule has 8 rings (SSSR count). The minimum atomic E-state index is 0.482. The van der Waals surface area contributed by atoms with Crippen molar-refractivity contribution in [1.82, 2.24) is 38.5 Å². The van der Waals surface area contributed by atoms with E-state index >= 15 is 0 Å². The molecule has 2 aliphatic heterocycles. The SMILES string of the molecule is [Ni]=[CH]/C=C\c1[c-]c2nc3nc(nc4c5ccccc5c(nc5nc(nc1[nH]2)-c1ccccc1-5)n4Br)-c1ccccc1-3. The van der Waals surface area contributed by atoms with Crippen LogP contribution in [-0.2, 0) is 15.0 Å². The zero-order valence-corrected chi connectivity index (χ0v) is 23.6. The van der Waals surface area contributed by atoms with Crippen LogP contribution >= 0.6 is 16.1 Å². The van der Waals surface area contributed by atoms with E-state index in [2.05, 4.69) is 27.2 Å². The van der Waals surface area contributed by atoms with Gasteiger partial charge in [-0.2, -0.15) is 0 Å². The molecule has 0 atom stereocenters. The molecule has 0 saturated carbocycles. The Labute approximate surface area is 249 Å². The molecule has 6 aromatic rings. The summed E-state index contributed by atoms with van der Waals surface area (Å²) in [4.78, 5) is 34.5. The van der Waals surface area contributed by atoms with Gasteiger partial charge in [0, 0.05) is 5.39 Å². The van der Waals surface area contributed by atoms with Gasteiger partial charge in [-0.1, -0.05) is 24.3 Å². The van der Waals surface area contributed by atoms with Crippen LogP contribution in [-0.4, -0.2) is 43.5 Å². The molecule has 0 saturated heterocycles. The van der Waals surface area contributed by atoms with Crippen LogP contribution in [0.4, 0.5) is 0 Å². The van der Waals surface area contributed by atoms with Crippen molar-refractivity contribution in [2.45, 2.75) is 0 Å². The van der Waals surface area contributed by atoms with E-state index in [1.807, 2.05) is 82.5 Å². The van der Waals surface area contributed by atoms with Gasteiger partial charge in [0.2, 0.25) is 0 Å². The second-order valence-electron chi connectivity index (χ2n) is 9.36. The maximum absolute atomic E-state index is 5.06. The van der Waals surface area contributed by atoms with E-state index in [0.717, 1.165) is 33.0 Å². The van der Waals surface area contributed by atoms with E-state index < -0.39 is 0 Å². The second kappa shape index (κ2) is 9.47. The van der Waals surface area contributed by atoms with Crippen molar-refractivity contribution in [2.24, 2.45) is 0 Å². The molecule has 3 aromatic heterocycles. The number of nitrogens with one attached hydrogen (secondary N) is 1. The van der Waals surface area contributed by atoms with E-state index in [1.165, 1.54) is 0 Å². The molecule has 10 heteroatoms. The summed E-state index contributed by atoms with van der Waals surface area (Å²) >= 11 is 8.47. The normalized spacial score (nSPS) is 12.1. The van der Waals surface area contributed by atoms with Crippen molar-refractivity contribution in [3.63, 3.8) is 0 Å². The fourth-order valence-corrected chi connectivity index (χ4v) is 5.76. The first-order valence-electron chi connectivity index (χ1n) is 12.7. The summed E-state index contributed by atoms with van der Waals surface area (Å²) < 4.78 is 1.81. The van der Waals surface area contributed by atoms with Crippen LogP contribution in [0.2, 0.25) is 0 Å². The third-order valence-corrected chi connectivity index (χ3v) is 7.81. The molecule has 2 aliphatic rings. The third-order valence-electron chi connectivity index (χ3n) is 6.95. The van der Waals surface area contributed by atoms with Crippen molar-refractivity contribution in [2.75, 3.05) is 0 Å². The van der Waals surface area contributed by atoms with Gasteiger partial charge in [-0.05, 0) is 0 Å². The summed E-state index contributed by atoms with van der Waals surface area (Å²) in [5.74, 6) is 2.18. The van der Waals surface area contributed by atoms with Gasteiger partial charge in [-0.25, -0.2) is 0 Å². The Kier molecular flexibility index (Phi) is 5.58. The first-order chi connectivity index (χ1) is 20.2. The van der Waals surface area contributed by atoms with Gasteiger partial charge in [0.1, 0.15) is 0 Å². The third kappa shape index (κ3) is 3.90. The second-order valence-corrected chi connectivity index (χ2v) is 10.4. The van der Waals surface area contributed by atoms with Crippen molar-refractivity contribution < 1.29 is 15.0 Å². The van der Waals surface area contributed by atoms with Gasteiger partial charge in [0.25, 0.3) is 0 Å². The Morgan fingerprint density at radius 3 is 1.68 bits per heavy atom. The molecule has 41 heavy (non-hydrogen) atoms. The number of hydrogen-bond acceptors (Lipinski definition) is 6. The summed E-state index contributed by atoms with van der Waals surface area (Å²) in [6.45, 7) is 0. The molecule has 8 bridgehead atoms. The average Bonchev–Trinajstić information content (AvgIpc) is 3.72. The van der Waals surface area contributed by atoms with E-state index in [4.69, 9.17) is 44.9 Å². The number of H-pyrrole nitrogens is 1. The number of rotatable bonds is 2. The Balaban J connectivity index is 1.59. The van der Waals surface area contributed by atoms with Gasteiger partial charge < -0.3 is 0 Å². The number of fused-ring (bicyclic) bond motifs is 17. The molecule has 3 aromatic carbocycles. The van der Waals surface area contributed by atoms with Crippen molar-refractivity contribution in [3.8, 4) is 45.6 Å². The van der Waals surface area contributed by atoms with E-state index in [-0.39, 0.29) is 0 Å². The molecule has 1 N–H and O–H groups in total. The number of nitrogens with zero attached hydrogens (tertiary/aromatic N) is 7. The average molecular weight is 639 g/mol. The minimum absolute atomic E-state index is 0.482. The van der Waals surface area contributed by atoms with E-state index in [0.29, 0.717) is 51.4 Å². The Morgan fingerprint density at radius 2 is 1.15 bits per heavy atom. The zero-order valence-electron chi connectivity index (χ0n) is 21.0. The Hall–Kier alpha value is -4.66. The van der Waals surface area contributed by atoms with Crippen LogP contribution in [0.5, 0.6) is 0 Å². The van der Waals surface area contributed by atoms with Crippen molar-refractivity contribution in [3.05, 3.63) is 90.5 Å². The van der Waals surface area contributed by atoms with Crippen LogP contribution in [0.15, 0.2) is 78.9 Å². The summed E-state index contributed by atoms with van der Waals surface area (Å²) in [5.41, 5.74) is 6.62. The van der Waals surface area contributed by atoms with Crippen molar-refractivity contribution in [1.29, 1.82) is 0 Å². The van der Waals surface area contributed by atoms with Crippen LogP contribution < -0.4 is 0 Å². The molecule has 8 nitrogen and oxygen atoms in total. The van der Waals surface area contributed by atoms with Gasteiger partial charge in [-0.3, -0.25) is 0 Å². The van der Waals surface area contributed by atoms with Gasteiger partial charge in [-0.15, -0.1) is 0 Å².